The first-order chi connectivity index (χ1) is 8.78. The third kappa shape index (κ3) is 2.26. The highest BCUT2D eigenvalue weighted by atomic mass is 32.1. The fourth-order valence-electron chi connectivity index (χ4n) is 2.59. The molecule has 3 heterocycles. The van der Waals surface area contributed by atoms with E-state index in [0.29, 0.717) is 12.6 Å². The van der Waals surface area contributed by atoms with E-state index in [0.717, 1.165) is 6.54 Å². The largest absolute Gasteiger partial charge is 0.326 e. The molecule has 2 nitrogen and oxygen atoms in total. The first-order valence-electron chi connectivity index (χ1n) is 6.36. The Balaban J connectivity index is 1.74. The lowest BCUT2D eigenvalue weighted by Crippen LogP contribution is -2.32. The van der Waals surface area contributed by atoms with Crippen molar-refractivity contribution in [2.45, 2.75) is 32.5 Å². The molecule has 1 atom stereocenters. The minimum atomic E-state index is 0.545. The van der Waals surface area contributed by atoms with Crippen LogP contribution in [0.2, 0.25) is 0 Å². The van der Waals surface area contributed by atoms with Crippen molar-refractivity contribution in [3.05, 3.63) is 43.8 Å². The lowest BCUT2D eigenvalue weighted by Gasteiger charge is -2.33. The van der Waals surface area contributed by atoms with Gasteiger partial charge < -0.3 is 5.73 Å². The second-order valence-corrected chi connectivity index (χ2v) is 7.02. The zero-order chi connectivity index (χ0) is 12.5. The lowest BCUT2D eigenvalue weighted by molar-refractivity contribution is 0.193. The molecule has 96 valence electrons. The summed E-state index contributed by atoms with van der Waals surface area (Å²) >= 11 is 3.75. The molecule has 0 amide bonds. The molecule has 2 N–H and O–H groups in total. The number of fused-ring (bicyclic) bond motifs is 1. The van der Waals surface area contributed by atoms with Gasteiger partial charge in [0.1, 0.15) is 0 Å². The van der Waals surface area contributed by atoms with Gasteiger partial charge in [-0.2, -0.15) is 0 Å². The molecule has 0 saturated heterocycles. The van der Waals surface area contributed by atoms with E-state index in [1.54, 1.807) is 4.88 Å². The predicted octanol–water partition coefficient (Wildman–Crippen LogP) is 3.39. The summed E-state index contributed by atoms with van der Waals surface area (Å²) < 4.78 is 0. The summed E-state index contributed by atoms with van der Waals surface area (Å²) in [5, 5.41) is 2.22. The lowest BCUT2D eigenvalue weighted by atomic mass is 10.0. The highest BCUT2D eigenvalue weighted by Gasteiger charge is 2.24. The summed E-state index contributed by atoms with van der Waals surface area (Å²) in [4.78, 5) is 6.86. The second-order valence-electron chi connectivity index (χ2n) is 4.77. The Labute approximate surface area is 116 Å². The predicted molar refractivity (Wildman–Crippen MR) is 79.1 cm³/mol. The zero-order valence-electron chi connectivity index (χ0n) is 10.6. The van der Waals surface area contributed by atoms with Crippen molar-refractivity contribution in [3.8, 4) is 0 Å². The average Bonchev–Trinajstić information content (AvgIpc) is 3.01. The van der Waals surface area contributed by atoms with Gasteiger partial charge in [-0.3, -0.25) is 4.90 Å². The van der Waals surface area contributed by atoms with Gasteiger partial charge in [-0.25, -0.2) is 0 Å². The Bertz CT molecular complexity index is 529. The van der Waals surface area contributed by atoms with E-state index in [4.69, 9.17) is 5.73 Å². The molecule has 3 rings (SSSR count). The van der Waals surface area contributed by atoms with Gasteiger partial charge in [-0.15, -0.1) is 22.7 Å². The summed E-state index contributed by atoms with van der Waals surface area (Å²) in [6.07, 6.45) is 1.20. The van der Waals surface area contributed by atoms with Gasteiger partial charge in [0.15, 0.2) is 0 Å². The number of rotatable bonds is 3. The molecule has 0 fully saturated rings. The van der Waals surface area contributed by atoms with E-state index in [2.05, 4.69) is 35.4 Å². The fraction of sp³-hybridized carbons (Fsp3) is 0.429. The normalized spacial score (nSPS) is 20.0. The van der Waals surface area contributed by atoms with Crippen LogP contribution in [0.3, 0.4) is 0 Å². The quantitative estimate of drug-likeness (QED) is 0.932. The first kappa shape index (κ1) is 12.4. The second kappa shape index (κ2) is 5.13. The summed E-state index contributed by atoms with van der Waals surface area (Å²) in [6.45, 7) is 5.21. The maximum absolute atomic E-state index is 5.67. The van der Waals surface area contributed by atoms with Crippen LogP contribution in [0.4, 0.5) is 0 Å². The molecule has 0 aromatic carbocycles. The molecule has 2 aromatic heterocycles. The van der Waals surface area contributed by atoms with Gasteiger partial charge in [-0.1, -0.05) is 0 Å². The molecule has 0 aliphatic carbocycles. The smallest absolute Gasteiger partial charge is 0.0334 e. The molecular weight excluding hydrogens is 260 g/mol. The molecule has 4 heteroatoms. The Morgan fingerprint density at radius 3 is 2.94 bits per heavy atom. The van der Waals surface area contributed by atoms with Crippen LogP contribution >= 0.6 is 22.7 Å². The van der Waals surface area contributed by atoms with Crippen LogP contribution in [-0.4, -0.2) is 11.4 Å². The molecule has 18 heavy (non-hydrogen) atoms. The molecule has 0 saturated carbocycles. The molecule has 1 unspecified atom stereocenters. The Kier molecular flexibility index (Phi) is 3.52. The molecule has 0 radical (unpaired) electrons. The van der Waals surface area contributed by atoms with Gasteiger partial charge in [0.05, 0.1) is 0 Å². The van der Waals surface area contributed by atoms with Crippen molar-refractivity contribution >= 4 is 22.7 Å². The van der Waals surface area contributed by atoms with Crippen molar-refractivity contribution in [2.24, 2.45) is 5.73 Å². The van der Waals surface area contributed by atoms with Gasteiger partial charge >= 0.3 is 0 Å². The van der Waals surface area contributed by atoms with Crippen LogP contribution in [0.5, 0.6) is 0 Å². The van der Waals surface area contributed by atoms with Gasteiger partial charge in [-0.05, 0) is 42.5 Å². The molecule has 1 aliphatic rings. The highest BCUT2D eigenvalue weighted by molar-refractivity contribution is 7.12. The first-order valence-corrected chi connectivity index (χ1v) is 8.05. The molecule has 0 spiro atoms. The van der Waals surface area contributed by atoms with Crippen molar-refractivity contribution < 1.29 is 0 Å². The van der Waals surface area contributed by atoms with Gasteiger partial charge in [0.25, 0.3) is 0 Å². The third-order valence-corrected chi connectivity index (χ3v) is 5.77. The highest BCUT2D eigenvalue weighted by Crippen LogP contribution is 2.34. The fourth-order valence-corrected chi connectivity index (χ4v) is 4.48. The third-order valence-electron chi connectivity index (χ3n) is 3.68. The number of hydrogen-bond donors (Lipinski definition) is 1. The molecule has 2 aromatic rings. The summed E-state index contributed by atoms with van der Waals surface area (Å²) in [5.41, 5.74) is 7.20. The number of nitrogens with two attached hydrogens (primary N) is 1. The summed E-state index contributed by atoms with van der Waals surface area (Å²) in [6, 6.07) is 7.22. The van der Waals surface area contributed by atoms with Crippen LogP contribution in [0.15, 0.2) is 23.6 Å². The van der Waals surface area contributed by atoms with Crippen LogP contribution in [0.1, 0.15) is 33.2 Å². The Morgan fingerprint density at radius 1 is 1.33 bits per heavy atom. The minimum absolute atomic E-state index is 0.545. The minimum Gasteiger partial charge on any atom is -0.326 e. The SMILES string of the molecule is CC1c2ccsc2CCN1Cc1ccc(CN)s1. The van der Waals surface area contributed by atoms with Crippen molar-refractivity contribution in [2.75, 3.05) is 6.54 Å². The van der Waals surface area contributed by atoms with E-state index < -0.39 is 0 Å². The Morgan fingerprint density at radius 2 is 2.17 bits per heavy atom. The molecule has 1 aliphatic heterocycles. The topological polar surface area (TPSA) is 29.3 Å². The van der Waals surface area contributed by atoms with E-state index in [9.17, 15) is 0 Å². The number of nitrogens with zero attached hydrogens (tertiary/aromatic N) is 1. The zero-order valence-corrected chi connectivity index (χ0v) is 12.2. The van der Waals surface area contributed by atoms with Crippen molar-refractivity contribution in [1.82, 2.24) is 4.90 Å². The maximum Gasteiger partial charge on any atom is 0.0334 e. The van der Waals surface area contributed by atoms with Crippen molar-refractivity contribution in [3.63, 3.8) is 0 Å². The van der Waals surface area contributed by atoms with Crippen LogP contribution in [-0.2, 0) is 19.5 Å². The van der Waals surface area contributed by atoms with Crippen LogP contribution < -0.4 is 5.73 Å². The Hall–Kier alpha value is -0.680. The number of hydrogen-bond acceptors (Lipinski definition) is 4. The average molecular weight is 278 g/mol. The van der Waals surface area contributed by atoms with Gasteiger partial charge in [0.2, 0.25) is 0 Å². The maximum atomic E-state index is 5.67. The molecule has 0 bridgehead atoms. The number of thiophene rings is 2. The monoisotopic (exact) mass is 278 g/mol. The van der Waals surface area contributed by atoms with Crippen LogP contribution in [0, 0.1) is 0 Å². The molecular formula is C14H18N2S2. The standard InChI is InChI=1S/C14H18N2S2/c1-10-13-5-7-17-14(13)4-6-16(10)9-12-3-2-11(8-15)18-12/h2-3,5,7,10H,4,6,8-9,15H2,1H3. The van der Waals surface area contributed by atoms with E-state index in [1.165, 1.54) is 28.3 Å². The van der Waals surface area contributed by atoms with Gasteiger partial charge in [0, 0.05) is 40.3 Å². The van der Waals surface area contributed by atoms with E-state index in [1.807, 2.05) is 22.7 Å². The van der Waals surface area contributed by atoms with Crippen molar-refractivity contribution in [1.29, 1.82) is 0 Å². The van der Waals surface area contributed by atoms with Crippen LogP contribution in [0.25, 0.3) is 0 Å². The summed E-state index contributed by atoms with van der Waals surface area (Å²) in [5.74, 6) is 0. The summed E-state index contributed by atoms with van der Waals surface area (Å²) in [7, 11) is 0. The van der Waals surface area contributed by atoms with E-state index in [-0.39, 0.29) is 0 Å². The van der Waals surface area contributed by atoms with E-state index >= 15 is 0 Å².